The molecule has 1 aliphatic heterocycles. The second-order valence-corrected chi connectivity index (χ2v) is 7.99. The molecule has 148 valence electrons. The molecule has 1 aromatic heterocycles. The van der Waals surface area contributed by atoms with Crippen molar-refractivity contribution in [2.75, 3.05) is 13.2 Å². The largest absolute Gasteiger partial charge is 0.370 e. The molecule has 5 heteroatoms. The Morgan fingerprint density at radius 1 is 1.10 bits per heavy atom. The smallest absolute Gasteiger partial charge is 0.230 e. The van der Waals surface area contributed by atoms with E-state index in [1.807, 2.05) is 53.2 Å². The van der Waals surface area contributed by atoms with Gasteiger partial charge in [0.05, 0.1) is 24.3 Å². The molecule has 1 aliphatic carbocycles. The highest BCUT2D eigenvalue weighted by molar-refractivity contribution is 5.91. The van der Waals surface area contributed by atoms with Crippen molar-refractivity contribution in [3.8, 4) is 0 Å². The molecule has 0 spiro atoms. The average Bonchev–Trinajstić information content (AvgIpc) is 3.48. The second kappa shape index (κ2) is 7.48. The van der Waals surface area contributed by atoms with Crippen molar-refractivity contribution in [1.29, 1.82) is 0 Å². The molecule has 5 rings (SSSR count). The first-order valence-corrected chi connectivity index (χ1v) is 10.3. The number of carbonyl (C=O) groups is 1. The van der Waals surface area contributed by atoms with Gasteiger partial charge in [0.25, 0.3) is 0 Å². The maximum atomic E-state index is 12.9. The van der Waals surface area contributed by atoms with E-state index >= 15 is 0 Å². The highest BCUT2D eigenvalue weighted by Gasteiger charge is 2.51. The average molecular weight is 387 g/mol. The molecule has 1 amide bonds. The van der Waals surface area contributed by atoms with Gasteiger partial charge in [0, 0.05) is 12.7 Å². The molecule has 29 heavy (non-hydrogen) atoms. The molecule has 5 nitrogen and oxygen atoms in total. The summed E-state index contributed by atoms with van der Waals surface area (Å²) in [7, 11) is 0. The lowest BCUT2D eigenvalue weighted by atomic mass is 9.95. The number of fused-ring (bicyclic) bond motifs is 1. The molecular weight excluding hydrogens is 362 g/mol. The maximum Gasteiger partial charge on any atom is 0.230 e. The van der Waals surface area contributed by atoms with Crippen LogP contribution in [0.4, 0.5) is 0 Å². The van der Waals surface area contributed by atoms with E-state index in [-0.39, 0.29) is 17.4 Å². The third kappa shape index (κ3) is 3.58. The minimum Gasteiger partial charge on any atom is -0.370 e. The molecular formula is C24H25N3O2. The van der Waals surface area contributed by atoms with Crippen molar-refractivity contribution in [2.24, 2.45) is 0 Å². The van der Waals surface area contributed by atoms with E-state index in [0.29, 0.717) is 13.2 Å². The third-order valence-corrected chi connectivity index (χ3v) is 6.01. The van der Waals surface area contributed by atoms with E-state index in [2.05, 4.69) is 23.6 Å². The Morgan fingerprint density at radius 2 is 1.83 bits per heavy atom. The van der Waals surface area contributed by atoms with Gasteiger partial charge in [-0.25, -0.2) is 0 Å². The van der Waals surface area contributed by atoms with Gasteiger partial charge in [-0.1, -0.05) is 60.7 Å². The Morgan fingerprint density at radius 3 is 2.55 bits per heavy atom. The lowest BCUT2D eigenvalue weighted by Crippen LogP contribution is -2.38. The van der Waals surface area contributed by atoms with E-state index in [0.717, 1.165) is 37.1 Å². The first-order chi connectivity index (χ1) is 14.2. The van der Waals surface area contributed by atoms with E-state index in [9.17, 15) is 4.79 Å². The zero-order chi connectivity index (χ0) is 19.7. The summed E-state index contributed by atoms with van der Waals surface area (Å²) in [4.78, 5) is 12.9. The molecule has 2 heterocycles. The molecule has 0 bridgehead atoms. The fourth-order valence-corrected chi connectivity index (χ4v) is 4.22. The number of nitrogens with zero attached hydrogens (tertiary/aromatic N) is 2. The predicted molar refractivity (Wildman–Crippen MR) is 111 cm³/mol. The van der Waals surface area contributed by atoms with Crippen molar-refractivity contribution >= 4 is 5.91 Å². The van der Waals surface area contributed by atoms with Gasteiger partial charge in [0.2, 0.25) is 5.91 Å². The first kappa shape index (κ1) is 18.1. The monoisotopic (exact) mass is 387 g/mol. The summed E-state index contributed by atoms with van der Waals surface area (Å²) in [5.74, 6) is 0.100. The first-order valence-electron chi connectivity index (χ1n) is 10.3. The van der Waals surface area contributed by atoms with Crippen molar-refractivity contribution < 1.29 is 9.53 Å². The predicted octanol–water partition coefficient (Wildman–Crippen LogP) is 3.39. The molecule has 3 aromatic rings. The maximum absolute atomic E-state index is 12.9. The van der Waals surface area contributed by atoms with Crippen LogP contribution in [0.15, 0.2) is 66.9 Å². The highest BCUT2D eigenvalue weighted by Crippen LogP contribution is 2.48. The summed E-state index contributed by atoms with van der Waals surface area (Å²) in [6.45, 7) is 1.86. The van der Waals surface area contributed by atoms with E-state index < -0.39 is 0 Å². The number of carbonyl (C=O) groups excluding carboxylic acids is 1. The number of benzene rings is 2. The van der Waals surface area contributed by atoms with Crippen LogP contribution in [0.25, 0.3) is 0 Å². The van der Waals surface area contributed by atoms with Crippen LogP contribution in [0, 0.1) is 0 Å². The van der Waals surface area contributed by atoms with Gasteiger partial charge in [0.15, 0.2) is 0 Å². The summed E-state index contributed by atoms with van der Waals surface area (Å²) in [5, 5.41) is 7.92. The van der Waals surface area contributed by atoms with E-state index in [1.165, 1.54) is 11.1 Å². The van der Waals surface area contributed by atoms with Gasteiger partial charge in [-0.05, 0) is 36.0 Å². The van der Waals surface area contributed by atoms with Crippen molar-refractivity contribution in [3.63, 3.8) is 0 Å². The van der Waals surface area contributed by atoms with E-state index in [1.54, 1.807) is 0 Å². The topological polar surface area (TPSA) is 56.1 Å². The number of hydrogen-bond donors (Lipinski definition) is 1. The number of rotatable bonds is 6. The number of ether oxygens (including phenoxy) is 1. The Bertz CT molecular complexity index is 993. The fourth-order valence-electron chi connectivity index (χ4n) is 4.22. The zero-order valence-electron chi connectivity index (χ0n) is 16.4. The Balaban J connectivity index is 1.27. The standard InChI is InChI=1S/C24H25N3O2/c28-23(24(12-13-24)20-9-5-2-6-10-20)25-15-21-22-19(11-14-29-21)17-27(26-22)16-18-7-3-1-4-8-18/h1-10,17,21H,11-16H2,(H,25,28)/t21-/m1/s1. The molecule has 2 aromatic carbocycles. The van der Waals surface area contributed by atoms with Gasteiger partial charge in [-0.15, -0.1) is 0 Å². The number of nitrogens with one attached hydrogen (secondary N) is 1. The molecule has 1 N–H and O–H groups in total. The van der Waals surface area contributed by atoms with Gasteiger partial charge in [0.1, 0.15) is 6.10 Å². The Hall–Kier alpha value is -2.92. The lowest BCUT2D eigenvalue weighted by Gasteiger charge is -2.23. The van der Waals surface area contributed by atoms with Crippen molar-refractivity contribution in [2.45, 2.75) is 37.3 Å². The van der Waals surface area contributed by atoms with Gasteiger partial charge in [-0.3, -0.25) is 9.48 Å². The van der Waals surface area contributed by atoms with Gasteiger partial charge in [-0.2, -0.15) is 5.10 Å². The Kier molecular flexibility index (Phi) is 4.68. The van der Waals surface area contributed by atoms with Crippen LogP contribution in [-0.4, -0.2) is 28.8 Å². The van der Waals surface area contributed by atoms with Crippen LogP contribution in [0.2, 0.25) is 0 Å². The van der Waals surface area contributed by atoms with Crippen LogP contribution in [-0.2, 0) is 27.9 Å². The molecule has 1 fully saturated rings. The zero-order valence-corrected chi connectivity index (χ0v) is 16.4. The SMILES string of the molecule is O=C(NC[C@H]1OCCc2cn(Cc3ccccc3)nc21)C1(c2ccccc2)CC1. The Labute approximate surface area is 170 Å². The number of amides is 1. The quantitative estimate of drug-likeness (QED) is 0.705. The third-order valence-electron chi connectivity index (χ3n) is 6.01. The summed E-state index contributed by atoms with van der Waals surface area (Å²) in [6.07, 6.45) is 4.61. The molecule has 2 aliphatic rings. The summed E-state index contributed by atoms with van der Waals surface area (Å²) >= 11 is 0. The van der Waals surface area contributed by atoms with Crippen LogP contribution in [0.5, 0.6) is 0 Å². The summed E-state index contributed by atoms with van der Waals surface area (Å²) < 4.78 is 7.95. The lowest BCUT2D eigenvalue weighted by molar-refractivity contribution is -0.124. The molecule has 1 atom stereocenters. The molecule has 0 saturated heterocycles. The van der Waals surface area contributed by atoms with Crippen LogP contribution >= 0.6 is 0 Å². The second-order valence-electron chi connectivity index (χ2n) is 7.99. The van der Waals surface area contributed by atoms with Crippen molar-refractivity contribution in [3.05, 3.63) is 89.2 Å². The molecule has 1 saturated carbocycles. The molecule has 0 unspecified atom stereocenters. The minimum atomic E-state index is -0.356. The normalized spacial score (nSPS) is 19.4. The summed E-state index contributed by atoms with van der Waals surface area (Å²) in [6, 6.07) is 20.4. The van der Waals surface area contributed by atoms with Gasteiger partial charge < -0.3 is 10.1 Å². The van der Waals surface area contributed by atoms with Gasteiger partial charge >= 0.3 is 0 Å². The molecule has 0 radical (unpaired) electrons. The summed E-state index contributed by atoms with van der Waals surface area (Å²) in [5.41, 5.74) is 4.14. The fraction of sp³-hybridized carbons (Fsp3) is 0.333. The minimum absolute atomic E-state index is 0.100. The number of aromatic nitrogens is 2. The highest BCUT2D eigenvalue weighted by atomic mass is 16.5. The van der Waals surface area contributed by atoms with Crippen molar-refractivity contribution in [1.82, 2.24) is 15.1 Å². The van der Waals surface area contributed by atoms with Crippen LogP contribution < -0.4 is 5.32 Å². The van der Waals surface area contributed by atoms with E-state index in [4.69, 9.17) is 9.84 Å². The number of hydrogen-bond acceptors (Lipinski definition) is 3. The van der Waals surface area contributed by atoms with Crippen LogP contribution in [0.1, 0.15) is 41.3 Å². The van der Waals surface area contributed by atoms with Crippen LogP contribution in [0.3, 0.4) is 0 Å².